The van der Waals surface area contributed by atoms with Crippen LogP contribution in [0, 0.1) is 17.6 Å². The first kappa shape index (κ1) is 14.2. The second kappa shape index (κ2) is 6.82. The fourth-order valence-electron chi connectivity index (χ4n) is 2.32. The molecular weight excluding hydrogens is 248 g/mol. The van der Waals surface area contributed by atoms with Crippen molar-refractivity contribution in [3.63, 3.8) is 0 Å². The SMILES string of the molecule is CC(CNc1ccc(F)cc1F)CN1CCNCC1. The molecule has 0 aliphatic carbocycles. The fraction of sp³-hybridized carbons (Fsp3) is 0.571. The molecule has 106 valence electrons. The molecule has 3 nitrogen and oxygen atoms in total. The summed E-state index contributed by atoms with van der Waals surface area (Å²) in [5.74, 6) is -0.658. The van der Waals surface area contributed by atoms with Gasteiger partial charge in [0.1, 0.15) is 11.6 Å². The first-order valence-electron chi connectivity index (χ1n) is 6.77. The van der Waals surface area contributed by atoms with E-state index >= 15 is 0 Å². The second-order valence-corrected chi connectivity index (χ2v) is 5.16. The minimum atomic E-state index is -0.545. The van der Waals surface area contributed by atoms with Crippen LogP contribution in [0.4, 0.5) is 14.5 Å². The van der Waals surface area contributed by atoms with Gasteiger partial charge >= 0.3 is 0 Å². The highest BCUT2D eigenvalue weighted by Crippen LogP contribution is 2.15. The Labute approximate surface area is 113 Å². The molecular formula is C14H21F2N3. The summed E-state index contributed by atoms with van der Waals surface area (Å²) in [6.45, 7) is 8.02. The molecule has 5 heteroatoms. The number of nitrogens with zero attached hydrogens (tertiary/aromatic N) is 1. The normalized spacial score (nSPS) is 18.3. The first-order chi connectivity index (χ1) is 9.15. The van der Waals surface area contributed by atoms with Gasteiger partial charge in [-0.15, -0.1) is 0 Å². The van der Waals surface area contributed by atoms with Gasteiger partial charge in [-0.05, 0) is 18.1 Å². The number of hydrogen-bond acceptors (Lipinski definition) is 3. The summed E-state index contributed by atoms with van der Waals surface area (Å²) >= 11 is 0. The van der Waals surface area contributed by atoms with E-state index < -0.39 is 11.6 Å². The highest BCUT2D eigenvalue weighted by Gasteiger charge is 2.13. The average Bonchev–Trinajstić information content (AvgIpc) is 2.39. The summed E-state index contributed by atoms with van der Waals surface area (Å²) in [7, 11) is 0. The number of benzene rings is 1. The van der Waals surface area contributed by atoms with Crippen LogP contribution in [0.15, 0.2) is 18.2 Å². The highest BCUT2D eigenvalue weighted by molar-refractivity contribution is 5.44. The number of piperazine rings is 1. The molecule has 2 N–H and O–H groups in total. The van der Waals surface area contributed by atoms with E-state index in [1.807, 2.05) is 0 Å². The molecule has 0 amide bonds. The van der Waals surface area contributed by atoms with Gasteiger partial charge in [-0.25, -0.2) is 8.78 Å². The molecule has 1 fully saturated rings. The lowest BCUT2D eigenvalue weighted by Crippen LogP contribution is -2.45. The maximum Gasteiger partial charge on any atom is 0.149 e. The van der Waals surface area contributed by atoms with E-state index in [1.165, 1.54) is 12.1 Å². The van der Waals surface area contributed by atoms with Crippen LogP contribution in [0.3, 0.4) is 0 Å². The summed E-state index contributed by atoms with van der Waals surface area (Å²) in [6.07, 6.45) is 0. The summed E-state index contributed by atoms with van der Waals surface area (Å²) in [4.78, 5) is 2.41. The van der Waals surface area contributed by atoms with Crippen molar-refractivity contribution in [1.82, 2.24) is 10.2 Å². The topological polar surface area (TPSA) is 27.3 Å². The summed E-state index contributed by atoms with van der Waals surface area (Å²) in [6, 6.07) is 3.62. The average molecular weight is 269 g/mol. The van der Waals surface area contributed by atoms with E-state index in [0.717, 1.165) is 38.8 Å². The maximum absolute atomic E-state index is 13.4. The molecule has 19 heavy (non-hydrogen) atoms. The van der Waals surface area contributed by atoms with E-state index in [9.17, 15) is 8.78 Å². The van der Waals surface area contributed by atoms with Crippen LogP contribution in [0.1, 0.15) is 6.92 Å². The fourth-order valence-corrected chi connectivity index (χ4v) is 2.32. The van der Waals surface area contributed by atoms with Crippen molar-refractivity contribution < 1.29 is 8.78 Å². The number of rotatable bonds is 5. The third-order valence-electron chi connectivity index (χ3n) is 3.35. The maximum atomic E-state index is 13.4. The van der Waals surface area contributed by atoms with Gasteiger partial charge in [0.05, 0.1) is 5.69 Å². The van der Waals surface area contributed by atoms with Gasteiger partial charge in [-0.2, -0.15) is 0 Å². The Morgan fingerprint density at radius 3 is 2.74 bits per heavy atom. The Morgan fingerprint density at radius 2 is 2.05 bits per heavy atom. The molecule has 0 radical (unpaired) electrons. The van der Waals surface area contributed by atoms with Crippen molar-refractivity contribution >= 4 is 5.69 Å². The number of anilines is 1. The Kier molecular flexibility index (Phi) is 5.10. The molecule has 1 aromatic carbocycles. The molecule has 1 unspecified atom stereocenters. The highest BCUT2D eigenvalue weighted by atomic mass is 19.1. The van der Waals surface area contributed by atoms with Crippen LogP contribution in [0.25, 0.3) is 0 Å². The minimum Gasteiger partial charge on any atom is -0.382 e. The molecule has 2 rings (SSSR count). The van der Waals surface area contributed by atoms with Crippen LogP contribution >= 0.6 is 0 Å². The monoisotopic (exact) mass is 269 g/mol. The molecule has 1 aliphatic rings. The molecule has 0 saturated carbocycles. The standard InChI is InChI=1S/C14H21F2N3/c1-11(10-19-6-4-17-5-7-19)9-18-14-3-2-12(15)8-13(14)16/h2-3,8,11,17-18H,4-7,9-10H2,1H3. The lowest BCUT2D eigenvalue weighted by atomic mass is 10.1. The minimum absolute atomic E-state index is 0.369. The van der Waals surface area contributed by atoms with Gasteiger partial charge in [-0.1, -0.05) is 6.92 Å². The number of hydrogen-bond donors (Lipinski definition) is 2. The van der Waals surface area contributed by atoms with Gasteiger partial charge in [0.25, 0.3) is 0 Å². The smallest absolute Gasteiger partial charge is 0.149 e. The lowest BCUT2D eigenvalue weighted by molar-refractivity contribution is 0.215. The van der Waals surface area contributed by atoms with Crippen molar-refractivity contribution in [2.24, 2.45) is 5.92 Å². The summed E-state index contributed by atoms with van der Waals surface area (Å²) < 4.78 is 26.2. The van der Waals surface area contributed by atoms with Crippen LogP contribution in [-0.4, -0.2) is 44.2 Å². The Bertz CT molecular complexity index is 406. The first-order valence-corrected chi connectivity index (χ1v) is 6.77. The van der Waals surface area contributed by atoms with Crippen molar-refractivity contribution in [2.75, 3.05) is 44.6 Å². The van der Waals surface area contributed by atoms with Gasteiger partial charge in [0.15, 0.2) is 0 Å². The zero-order chi connectivity index (χ0) is 13.7. The largest absolute Gasteiger partial charge is 0.382 e. The molecule has 1 heterocycles. The molecule has 0 spiro atoms. The van der Waals surface area contributed by atoms with Crippen molar-refractivity contribution in [3.05, 3.63) is 29.8 Å². The van der Waals surface area contributed by atoms with Crippen LogP contribution in [0.5, 0.6) is 0 Å². The third kappa shape index (κ3) is 4.44. The van der Waals surface area contributed by atoms with Crippen molar-refractivity contribution in [1.29, 1.82) is 0 Å². The molecule has 0 bridgehead atoms. The van der Waals surface area contributed by atoms with Gasteiger partial charge < -0.3 is 15.5 Å². The Hall–Kier alpha value is -1.20. The van der Waals surface area contributed by atoms with E-state index in [4.69, 9.17) is 0 Å². The second-order valence-electron chi connectivity index (χ2n) is 5.16. The molecule has 1 aromatic rings. The predicted octanol–water partition coefficient (Wildman–Crippen LogP) is 1.92. The quantitative estimate of drug-likeness (QED) is 0.855. The molecule has 0 aromatic heterocycles. The third-order valence-corrected chi connectivity index (χ3v) is 3.35. The molecule has 1 saturated heterocycles. The van der Waals surface area contributed by atoms with E-state index in [-0.39, 0.29) is 0 Å². The summed E-state index contributed by atoms with van der Waals surface area (Å²) in [5.41, 5.74) is 0.369. The van der Waals surface area contributed by atoms with Crippen molar-refractivity contribution in [2.45, 2.75) is 6.92 Å². The van der Waals surface area contributed by atoms with E-state index in [2.05, 4.69) is 22.5 Å². The lowest BCUT2D eigenvalue weighted by Gasteiger charge is -2.29. The molecule has 1 atom stereocenters. The predicted molar refractivity (Wildman–Crippen MR) is 73.3 cm³/mol. The van der Waals surface area contributed by atoms with Gasteiger partial charge in [0.2, 0.25) is 0 Å². The zero-order valence-electron chi connectivity index (χ0n) is 11.3. The van der Waals surface area contributed by atoms with E-state index in [0.29, 0.717) is 18.2 Å². The molecule has 1 aliphatic heterocycles. The number of halogens is 2. The van der Waals surface area contributed by atoms with Crippen LogP contribution < -0.4 is 10.6 Å². The van der Waals surface area contributed by atoms with Gasteiger partial charge in [0, 0.05) is 45.3 Å². The Balaban J connectivity index is 1.77. The van der Waals surface area contributed by atoms with Gasteiger partial charge in [-0.3, -0.25) is 0 Å². The van der Waals surface area contributed by atoms with Crippen LogP contribution in [0.2, 0.25) is 0 Å². The van der Waals surface area contributed by atoms with Crippen molar-refractivity contribution in [3.8, 4) is 0 Å². The van der Waals surface area contributed by atoms with Crippen LogP contribution in [-0.2, 0) is 0 Å². The summed E-state index contributed by atoms with van der Waals surface area (Å²) in [5, 5.41) is 6.36. The number of nitrogens with one attached hydrogen (secondary N) is 2. The van der Waals surface area contributed by atoms with E-state index in [1.54, 1.807) is 0 Å². The zero-order valence-corrected chi connectivity index (χ0v) is 11.3. The Morgan fingerprint density at radius 1 is 1.32 bits per heavy atom.